The Morgan fingerprint density at radius 1 is 1.03 bits per heavy atom. The molecule has 0 aliphatic carbocycles. The first-order chi connectivity index (χ1) is 13.9. The third kappa shape index (κ3) is 5.52. The van der Waals surface area contributed by atoms with Crippen molar-refractivity contribution < 1.29 is 21.8 Å². The number of amides is 1. The van der Waals surface area contributed by atoms with E-state index in [1.165, 1.54) is 12.1 Å². The molecule has 0 aliphatic heterocycles. The van der Waals surface area contributed by atoms with E-state index in [0.29, 0.717) is 26.1 Å². The highest BCUT2D eigenvalue weighted by Crippen LogP contribution is 2.22. The highest BCUT2D eigenvalue weighted by Gasteiger charge is 2.14. The molecule has 6 nitrogen and oxygen atoms in total. The Hall–Kier alpha value is -2.97. The molecule has 8 heteroatoms. The summed E-state index contributed by atoms with van der Waals surface area (Å²) in [6, 6.07) is 16.6. The van der Waals surface area contributed by atoms with Crippen LogP contribution in [0.3, 0.4) is 0 Å². The van der Waals surface area contributed by atoms with Gasteiger partial charge in [-0.15, -0.1) is 3.89 Å². The van der Waals surface area contributed by atoms with Crippen LogP contribution < -0.4 is 15.8 Å². The molecule has 0 aliphatic rings. The van der Waals surface area contributed by atoms with E-state index in [9.17, 15) is 17.1 Å². The lowest BCUT2D eigenvalue weighted by Crippen LogP contribution is -2.25. The number of hydrogen-bond acceptors (Lipinski definition) is 5. The summed E-state index contributed by atoms with van der Waals surface area (Å²) in [5, 5.41) is 4.80. The maximum atomic E-state index is 13.0. The maximum Gasteiger partial charge on any atom is 0.332 e. The standard InChI is InChI=1S/C21H21FN2O4S/c22-29(26,27)20-4-1-3-18(13-20)21(25)24-9-2-10-28-19-8-7-16-11-15(14-23)5-6-17(16)12-19/h1,3-8,11-13H,2,9-10,14,23H2,(H,24,25). The Balaban J connectivity index is 1.48. The van der Waals surface area contributed by atoms with Gasteiger partial charge in [-0.1, -0.05) is 24.3 Å². The van der Waals surface area contributed by atoms with Gasteiger partial charge in [0, 0.05) is 18.7 Å². The molecule has 3 aromatic rings. The number of ether oxygens (including phenoxy) is 1. The number of carbonyl (C=O) groups excluding carboxylic acids is 1. The summed E-state index contributed by atoms with van der Waals surface area (Å²) in [5.74, 6) is 0.252. The van der Waals surface area contributed by atoms with E-state index in [0.717, 1.165) is 34.2 Å². The van der Waals surface area contributed by atoms with Gasteiger partial charge in [-0.2, -0.15) is 8.42 Å². The van der Waals surface area contributed by atoms with E-state index in [4.69, 9.17) is 10.5 Å². The molecule has 3 aromatic carbocycles. The van der Waals surface area contributed by atoms with Crippen molar-refractivity contribution in [2.75, 3.05) is 13.2 Å². The highest BCUT2D eigenvalue weighted by atomic mass is 32.3. The van der Waals surface area contributed by atoms with Crippen LogP contribution in [-0.4, -0.2) is 27.5 Å². The summed E-state index contributed by atoms with van der Waals surface area (Å²) in [7, 11) is -4.84. The second kappa shape index (κ2) is 9.02. The molecule has 0 aromatic heterocycles. The van der Waals surface area contributed by atoms with Gasteiger partial charge in [0.2, 0.25) is 0 Å². The van der Waals surface area contributed by atoms with Crippen molar-refractivity contribution in [3.8, 4) is 5.75 Å². The van der Waals surface area contributed by atoms with Gasteiger partial charge >= 0.3 is 10.2 Å². The third-order valence-electron chi connectivity index (χ3n) is 4.36. The highest BCUT2D eigenvalue weighted by molar-refractivity contribution is 7.86. The maximum absolute atomic E-state index is 13.0. The summed E-state index contributed by atoms with van der Waals surface area (Å²) in [6.45, 7) is 1.22. The van der Waals surface area contributed by atoms with Gasteiger partial charge in [0.25, 0.3) is 5.91 Å². The molecule has 0 unspecified atom stereocenters. The molecular weight excluding hydrogens is 395 g/mol. The number of fused-ring (bicyclic) bond motifs is 1. The fourth-order valence-corrected chi connectivity index (χ4v) is 3.35. The minimum absolute atomic E-state index is 0.0796. The van der Waals surface area contributed by atoms with E-state index in [1.54, 1.807) is 0 Å². The average Bonchev–Trinajstić information content (AvgIpc) is 2.72. The number of nitrogens with one attached hydrogen (secondary N) is 1. The Bertz CT molecular complexity index is 1130. The van der Waals surface area contributed by atoms with Crippen LogP contribution in [0.2, 0.25) is 0 Å². The smallest absolute Gasteiger partial charge is 0.332 e. The van der Waals surface area contributed by atoms with Gasteiger partial charge in [-0.25, -0.2) is 0 Å². The minimum atomic E-state index is -4.84. The van der Waals surface area contributed by atoms with Crippen LogP contribution in [0.1, 0.15) is 22.3 Å². The predicted octanol–water partition coefficient (Wildman–Crippen LogP) is 3.16. The lowest BCUT2D eigenvalue weighted by Gasteiger charge is -2.09. The molecule has 152 valence electrons. The molecular formula is C21H21FN2O4S. The zero-order valence-electron chi connectivity index (χ0n) is 15.6. The van der Waals surface area contributed by atoms with E-state index in [2.05, 4.69) is 5.32 Å². The molecule has 0 heterocycles. The van der Waals surface area contributed by atoms with Crippen molar-refractivity contribution in [3.05, 3.63) is 71.8 Å². The lowest BCUT2D eigenvalue weighted by atomic mass is 10.1. The van der Waals surface area contributed by atoms with Gasteiger partial charge in [0.1, 0.15) is 5.75 Å². The van der Waals surface area contributed by atoms with Crippen LogP contribution in [0.5, 0.6) is 5.75 Å². The Kier molecular flexibility index (Phi) is 6.46. The van der Waals surface area contributed by atoms with E-state index in [1.807, 2.05) is 36.4 Å². The third-order valence-corrected chi connectivity index (χ3v) is 5.18. The molecule has 0 bridgehead atoms. The largest absolute Gasteiger partial charge is 0.494 e. The molecule has 1 amide bonds. The summed E-state index contributed by atoms with van der Waals surface area (Å²) in [6.07, 6.45) is 0.553. The van der Waals surface area contributed by atoms with Gasteiger partial charge in [-0.3, -0.25) is 4.79 Å². The number of nitrogens with two attached hydrogens (primary N) is 1. The summed E-state index contributed by atoms with van der Waals surface area (Å²) >= 11 is 0. The van der Waals surface area contributed by atoms with E-state index >= 15 is 0 Å². The zero-order chi connectivity index (χ0) is 20.9. The number of hydrogen-bond donors (Lipinski definition) is 2. The first kappa shape index (κ1) is 20.8. The first-order valence-electron chi connectivity index (χ1n) is 9.05. The normalized spacial score (nSPS) is 11.4. The molecule has 0 radical (unpaired) electrons. The number of rotatable bonds is 8. The molecule has 0 spiro atoms. The average molecular weight is 416 g/mol. The lowest BCUT2D eigenvalue weighted by molar-refractivity contribution is 0.0951. The van der Waals surface area contributed by atoms with Gasteiger partial charge in [-0.05, 0) is 59.2 Å². The molecule has 3 N–H and O–H groups in total. The summed E-state index contributed by atoms with van der Waals surface area (Å²) < 4.78 is 40.6. The quantitative estimate of drug-likeness (QED) is 0.434. The van der Waals surface area contributed by atoms with E-state index < -0.39 is 21.0 Å². The molecule has 0 fully saturated rings. The Morgan fingerprint density at radius 2 is 1.79 bits per heavy atom. The van der Waals surface area contributed by atoms with Crippen LogP contribution in [0.4, 0.5) is 3.89 Å². The fourth-order valence-electron chi connectivity index (χ4n) is 2.85. The minimum Gasteiger partial charge on any atom is -0.494 e. The number of carbonyl (C=O) groups is 1. The predicted molar refractivity (Wildman–Crippen MR) is 109 cm³/mol. The molecule has 29 heavy (non-hydrogen) atoms. The van der Waals surface area contributed by atoms with Gasteiger partial charge < -0.3 is 15.8 Å². The van der Waals surface area contributed by atoms with Crippen LogP contribution >= 0.6 is 0 Å². The van der Waals surface area contributed by atoms with Crippen molar-refractivity contribution in [2.24, 2.45) is 5.73 Å². The van der Waals surface area contributed by atoms with Crippen molar-refractivity contribution in [1.29, 1.82) is 0 Å². The summed E-state index contributed by atoms with van der Waals surface area (Å²) in [4.78, 5) is 11.5. The monoisotopic (exact) mass is 416 g/mol. The van der Waals surface area contributed by atoms with Gasteiger partial charge in [0.15, 0.2) is 0 Å². The van der Waals surface area contributed by atoms with Crippen LogP contribution in [0.25, 0.3) is 10.8 Å². The van der Waals surface area contributed by atoms with Crippen molar-refractivity contribution in [1.82, 2.24) is 5.32 Å². The molecule has 0 saturated heterocycles. The second-order valence-corrected chi connectivity index (χ2v) is 7.82. The Morgan fingerprint density at radius 3 is 2.55 bits per heavy atom. The van der Waals surface area contributed by atoms with Crippen LogP contribution in [0.15, 0.2) is 65.6 Å². The molecule has 3 rings (SSSR count). The molecule has 0 saturated carbocycles. The van der Waals surface area contributed by atoms with Crippen molar-refractivity contribution in [2.45, 2.75) is 17.9 Å². The van der Waals surface area contributed by atoms with Crippen molar-refractivity contribution >= 4 is 26.9 Å². The zero-order valence-corrected chi connectivity index (χ0v) is 16.4. The fraction of sp³-hybridized carbons (Fsp3) is 0.190. The molecule has 0 atom stereocenters. The van der Waals surface area contributed by atoms with Crippen molar-refractivity contribution in [3.63, 3.8) is 0 Å². The topological polar surface area (TPSA) is 98.5 Å². The Labute approximate surface area is 168 Å². The van der Waals surface area contributed by atoms with Crippen LogP contribution in [0, 0.1) is 0 Å². The van der Waals surface area contributed by atoms with Crippen LogP contribution in [-0.2, 0) is 16.8 Å². The second-order valence-electron chi connectivity index (χ2n) is 6.47. The number of benzene rings is 3. The van der Waals surface area contributed by atoms with E-state index in [-0.39, 0.29) is 5.56 Å². The summed E-state index contributed by atoms with van der Waals surface area (Å²) in [5.41, 5.74) is 6.80. The number of halogens is 1. The van der Waals surface area contributed by atoms with Gasteiger partial charge in [0.05, 0.1) is 11.5 Å². The first-order valence-corrected chi connectivity index (χ1v) is 10.4. The SMILES string of the molecule is NCc1ccc2cc(OCCCNC(=O)c3cccc(S(=O)(=O)F)c3)ccc2c1.